The van der Waals surface area contributed by atoms with Crippen molar-refractivity contribution in [1.29, 1.82) is 0 Å². The lowest BCUT2D eigenvalue weighted by Crippen LogP contribution is -2.35. The number of alkyl halides is 2. The molecule has 2 rings (SSSR count). The molecule has 0 saturated carbocycles. The van der Waals surface area contributed by atoms with E-state index in [0.29, 0.717) is 5.39 Å². The molecule has 0 aliphatic heterocycles. The minimum absolute atomic E-state index is 0.190. The van der Waals surface area contributed by atoms with Crippen LogP contribution in [0, 0.1) is 0 Å². The molecule has 9 heteroatoms. The molecule has 0 radical (unpaired) electrons. The number of hydrogen-bond acceptors (Lipinski definition) is 5. The Kier molecular flexibility index (Phi) is 4.35. The zero-order chi connectivity index (χ0) is 15.6. The lowest BCUT2D eigenvalue weighted by atomic mass is 10.2. The molecule has 0 spiro atoms. The van der Waals surface area contributed by atoms with Gasteiger partial charge in [0.1, 0.15) is 11.7 Å². The Hall–Kier alpha value is -1.84. The lowest BCUT2D eigenvalue weighted by Gasteiger charge is -2.11. The number of aliphatic hydroxyl groups excluding tert-OH is 1. The summed E-state index contributed by atoms with van der Waals surface area (Å²) in [5.74, 6) is 0. The fourth-order valence-corrected chi connectivity index (χ4v) is 2.67. The molecule has 0 bridgehead atoms. The third kappa shape index (κ3) is 3.63. The average Bonchev–Trinajstić information content (AvgIpc) is 2.44. The van der Waals surface area contributed by atoms with Crippen LogP contribution in [-0.2, 0) is 10.0 Å². The molecular formula is C12H11F2NO5S. The van der Waals surface area contributed by atoms with E-state index in [-0.39, 0.29) is 10.5 Å². The SMILES string of the molecule is O=c1ccc2cc(S(=O)(=O)NCC(O)C(F)F)ccc2o1. The van der Waals surface area contributed by atoms with Gasteiger partial charge < -0.3 is 9.52 Å². The Labute approximate surface area is 118 Å². The minimum atomic E-state index is -4.05. The summed E-state index contributed by atoms with van der Waals surface area (Å²) in [7, 11) is -4.05. The van der Waals surface area contributed by atoms with Crippen LogP contribution < -0.4 is 10.3 Å². The summed E-state index contributed by atoms with van der Waals surface area (Å²) in [5, 5.41) is 9.28. The van der Waals surface area contributed by atoms with E-state index < -0.39 is 34.7 Å². The van der Waals surface area contributed by atoms with Crippen LogP contribution in [0.15, 0.2) is 44.4 Å². The number of sulfonamides is 1. The van der Waals surface area contributed by atoms with Crippen molar-refractivity contribution in [2.75, 3.05) is 6.54 Å². The van der Waals surface area contributed by atoms with E-state index in [1.807, 2.05) is 4.72 Å². The second-order valence-electron chi connectivity index (χ2n) is 4.21. The number of aliphatic hydroxyl groups is 1. The molecule has 1 atom stereocenters. The van der Waals surface area contributed by atoms with Crippen LogP contribution in [0.25, 0.3) is 11.0 Å². The van der Waals surface area contributed by atoms with Gasteiger partial charge in [0.15, 0.2) is 0 Å². The fourth-order valence-electron chi connectivity index (χ4n) is 1.58. The van der Waals surface area contributed by atoms with E-state index in [9.17, 15) is 22.0 Å². The van der Waals surface area contributed by atoms with Crippen molar-refractivity contribution in [3.05, 3.63) is 40.8 Å². The first kappa shape index (κ1) is 15.5. The normalized spacial score (nSPS) is 13.7. The summed E-state index contributed by atoms with van der Waals surface area (Å²) in [4.78, 5) is 10.8. The highest BCUT2D eigenvalue weighted by Crippen LogP contribution is 2.17. The Bertz CT molecular complexity index is 803. The number of nitrogens with one attached hydrogen (secondary N) is 1. The van der Waals surface area contributed by atoms with Crippen molar-refractivity contribution in [1.82, 2.24) is 4.72 Å². The standard InChI is InChI=1S/C12H11F2NO5S/c13-12(14)9(16)6-15-21(18,19)8-2-3-10-7(5-8)1-4-11(17)20-10/h1-5,9,12,15-16H,6H2. The smallest absolute Gasteiger partial charge is 0.336 e. The van der Waals surface area contributed by atoms with Gasteiger partial charge in [0.05, 0.1) is 4.90 Å². The molecule has 0 saturated heterocycles. The van der Waals surface area contributed by atoms with Gasteiger partial charge in [0.25, 0.3) is 6.43 Å². The second-order valence-corrected chi connectivity index (χ2v) is 5.97. The van der Waals surface area contributed by atoms with Crippen LogP contribution in [0.4, 0.5) is 8.78 Å². The van der Waals surface area contributed by atoms with Gasteiger partial charge in [-0.05, 0) is 24.3 Å². The Balaban J connectivity index is 2.28. The molecule has 2 aromatic rings. The van der Waals surface area contributed by atoms with Crippen molar-refractivity contribution in [2.24, 2.45) is 0 Å². The molecule has 0 aliphatic carbocycles. The number of benzene rings is 1. The first-order valence-electron chi connectivity index (χ1n) is 5.79. The molecular weight excluding hydrogens is 308 g/mol. The predicted octanol–water partition coefficient (Wildman–Crippen LogP) is 0.697. The average molecular weight is 319 g/mol. The van der Waals surface area contributed by atoms with Crippen LogP contribution in [0.5, 0.6) is 0 Å². The van der Waals surface area contributed by atoms with Crippen molar-refractivity contribution >= 4 is 21.0 Å². The van der Waals surface area contributed by atoms with Crippen LogP contribution in [0.3, 0.4) is 0 Å². The largest absolute Gasteiger partial charge is 0.423 e. The molecule has 1 heterocycles. The number of rotatable bonds is 5. The highest BCUT2D eigenvalue weighted by molar-refractivity contribution is 7.89. The monoisotopic (exact) mass is 319 g/mol. The summed E-state index contributed by atoms with van der Waals surface area (Å²) >= 11 is 0. The summed E-state index contributed by atoms with van der Waals surface area (Å²) in [5.41, 5.74) is -0.370. The predicted molar refractivity (Wildman–Crippen MR) is 69.7 cm³/mol. The Morgan fingerprint density at radius 3 is 2.62 bits per heavy atom. The highest BCUT2D eigenvalue weighted by atomic mass is 32.2. The minimum Gasteiger partial charge on any atom is -0.423 e. The third-order valence-electron chi connectivity index (χ3n) is 2.67. The Morgan fingerprint density at radius 2 is 1.95 bits per heavy atom. The van der Waals surface area contributed by atoms with E-state index in [0.717, 1.165) is 6.07 Å². The summed E-state index contributed by atoms with van der Waals surface area (Å²) in [6, 6.07) is 6.20. The van der Waals surface area contributed by atoms with Crippen LogP contribution in [0.2, 0.25) is 0 Å². The second kappa shape index (κ2) is 5.88. The molecule has 0 amide bonds. The van der Waals surface area contributed by atoms with Gasteiger partial charge in [-0.15, -0.1) is 0 Å². The van der Waals surface area contributed by atoms with Gasteiger partial charge in [0, 0.05) is 18.0 Å². The van der Waals surface area contributed by atoms with E-state index in [4.69, 9.17) is 9.52 Å². The molecule has 114 valence electrons. The molecule has 1 aromatic carbocycles. The zero-order valence-corrected chi connectivity index (χ0v) is 11.3. The van der Waals surface area contributed by atoms with Crippen molar-refractivity contribution in [3.63, 3.8) is 0 Å². The lowest BCUT2D eigenvalue weighted by molar-refractivity contribution is -0.000451. The number of hydrogen-bond donors (Lipinski definition) is 2. The quantitative estimate of drug-likeness (QED) is 0.791. The molecule has 1 aromatic heterocycles. The molecule has 6 nitrogen and oxygen atoms in total. The van der Waals surface area contributed by atoms with E-state index in [1.54, 1.807) is 0 Å². The maximum absolute atomic E-state index is 12.1. The molecule has 0 aliphatic rings. The number of halogens is 2. The van der Waals surface area contributed by atoms with Gasteiger partial charge in [-0.3, -0.25) is 0 Å². The van der Waals surface area contributed by atoms with Gasteiger partial charge in [-0.1, -0.05) is 0 Å². The molecule has 2 N–H and O–H groups in total. The van der Waals surface area contributed by atoms with Crippen molar-refractivity contribution < 1.29 is 26.7 Å². The zero-order valence-electron chi connectivity index (χ0n) is 10.5. The molecule has 21 heavy (non-hydrogen) atoms. The third-order valence-corrected chi connectivity index (χ3v) is 4.10. The molecule has 0 fully saturated rings. The van der Waals surface area contributed by atoms with Crippen molar-refractivity contribution in [3.8, 4) is 0 Å². The van der Waals surface area contributed by atoms with Gasteiger partial charge in [-0.2, -0.15) is 0 Å². The fraction of sp³-hybridized carbons (Fsp3) is 0.250. The summed E-state index contributed by atoms with van der Waals surface area (Å²) < 4.78 is 54.8. The number of fused-ring (bicyclic) bond motifs is 1. The Morgan fingerprint density at radius 1 is 1.24 bits per heavy atom. The van der Waals surface area contributed by atoms with Crippen molar-refractivity contribution in [2.45, 2.75) is 17.4 Å². The first-order chi connectivity index (χ1) is 9.79. The van der Waals surface area contributed by atoms with E-state index in [2.05, 4.69) is 0 Å². The van der Waals surface area contributed by atoms with E-state index in [1.165, 1.54) is 24.3 Å². The van der Waals surface area contributed by atoms with Crippen LogP contribution in [-0.4, -0.2) is 32.6 Å². The van der Waals surface area contributed by atoms with E-state index >= 15 is 0 Å². The van der Waals surface area contributed by atoms with Gasteiger partial charge in [0.2, 0.25) is 10.0 Å². The topological polar surface area (TPSA) is 96.6 Å². The highest BCUT2D eigenvalue weighted by Gasteiger charge is 2.21. The first-order valence-corrected chi connectivity index (χ1v) is 7.28. The summed E-state index contributed by atoms with van der Waals surface area (Å²) in [6.45, 7) is -0.804. The van der Waals surface area contributed by atoms with Crippen LogP contribution >= 0.6 is 0 Å². The van der Waals surface area contributed by atoms with Gasteiger partial charge >= 0.3 is 5.63 Å². The maximum Gasteiger partial charge on any atom is 0.336 e. The molecule has 1 unspecified atom stereocenters. The van der Waals surface area contributed by atoms with Gasteiger partial charge in [-0.25, -0.2) is 26.7 Å². The maximum atomic E-state index is 12.1. The van der Waals surface area contributed by atoms with Crippen LogP contribution in [0.1, 0.15) is 0 Å². The summed E-state index contributed by atoms with van der Waals surface area (Å²) in [6.07, 6.45) is -5.13.